The quantitative estimate of drug-likeness (QED) is 0.742. The predicted molar refractivity (Wildman–Crippen MR) is 52.3 cm³/mol. The van der Waals surface area contributed by atoms with Gasteiger partial charge >= 0.3 is 0 Å². The molecule has 0 unspecified atom stereocenters. The van der Waals surface area contributed by atoms with E-state index in [0.29, 0.717) is 6.04 Å². The molecule has 1 N–H and O–H groups in total. The van der Waals surface area contributed by atoms with E-state index >= 15 is 0 Å². The van der Waals surface area contributed by atoms with Crippen LogP contribution in [0.15, 0.2) is 18.3 Å². The van der Waals surface area contributed by atoms with Crippen LogP contribution in [0.25, 0.3) is 0 Å². The van der Waals surface area contributed by atoms with Crippen LogP contribution in [-0.4, -0.2) is 11.0 Å². The molecule has 0 aliphatic rings. The molecule has 1 aromatic rings. The van der Waals surface area contributed by atoms with E-state index in [1.165, 1.54) is 0 Å². The normalized spacial score (nSPS) is 12.6. The van der Waals surface area contributed by atoms with Gasteiger partial charge < -0.3 is 5.32 Å². The van der Waals surface area contributed by atoms with Crippen LogP contribution in [-0.2, 0) is 0 Å². The zero-order chi connectivity index (χ0) is 8.97. The number of nitrogens with zero attached hydrogens (tertiary/aromatic N) is 1. The fourth-order valence-corrected chi connectivity index (χ4v) is 1.00. The highest BCUT2D eigenvalue weighted by molar-refractivity contribution is 5.47. The first-order chi connectivity index (χ1) is 5.74. The van der Waals surface area contributed by atoms with Crippen LogP contribution < -0.4 is 5.32 Å². The number of hydrogen-bond donors (Lipinski definition) is 1. The lowest BCUT2D eigenvalue weighted by Crippen LogP contribution is -2.14. The van der Waals surface area contributed by atoms with Gasteiger partial charge in [0.25, 0.3) is 0 Å². The number of nitrogens with one attached hydrogen (secondary N) is 1. The van der Waals surface area contributed by atoms with E-state index in [4.69, 9.17) is 0 Å². The van der Waals surface area contributed by atoms with Gasteiger partial charge in [0.2, 0.25) is 0 Å². The van der Waals surface area contributed by atoms with Gasteiger partial charge in [0, 0.05) is 12.2 Å². The van der Waals surface area contributed by atoms with Gasteiger partial charge in [-0.3, -0.25) is 4.98 Å². The predicted octanol–water partition coefficient (Wildman–Crippen LogP) is 2.60. The molecule has 1 rings (SSSR count). The standard InChI is InChI=1S/C10H16N2/c1-4-8(2)12-10-6-5-7-11-9(10)3/h5-8,12H,4H2,1-3H3/t8-/m1/s1. The summed E-state index contributed by atoms with van der Waals surface area (Å²) in [5, 5.41) is 3.40. The fraction of sp³-hybridized carbons (Fsp3) is 0.500. The van der Waals surface area contributed by atoms with Gasteiger partial charge in [-0.25, -0.2) is 0 Å². The van der Waals surface area contributed by atoms with Gasteiger partial charge in [-0.05, 0) is 32.4 Å². The second-order valence-electron chi connectivity index (χ2n) is 3.09. The Labute approximate surface area is 74.0 Å². The van der Waals surface area contributed by atoms with Gasteiger partial charge in [-0.2, -0.15) is 0 Å². The molecule has 1 atom stereocenters. The maximum Gasteiger partial charge on any atom is 0.0603 e. The van der Waals surface area contributed by atoms with E-state index < -0.39 is 0 Å². The summed E-state index contributed by atoms with van der Waals surface area (Å²) in [7, 11) is 0. The number of aromatic nitrogens is 1. The lowest BCUT2D eigenvalue weighted by atomic mass is 10.2. The monoisotopic (exact) mass is 164 g/mol. The van der Waals surface area contributed by atoms with Gasteiger partial charge in [-0.15, -0.1) is 0 Å². The Morgan fingerprint density at radius 2 is 2.33 bits per heavy atom. The Bertz CT molecular complexity index is 245. The molecular weight excluding hydrogens is 148 g/mol. The molecule has 0 radical (unpaired) electrons. The van der Waals surface area contributed by atoms with E-state index in [0.717, 1.165) is 17.8 Å². The van der Waals surface area contributed by atoms with Crippen molar-refractivity contribution >= 4 is 5.69 Å². The van der Waals surface area contributed by atoms with Crippen LogP contribution in [0.1, 0.15) is 26.0 Å². The van der Waals surface area contributed by atoms with E-state index in [-0.39, 0.29) is 0 Å². The summed E-state index contributed by atoms with van der Waals surface area (Å²) < 4.78 is 0. The SMILES string of the molecule is CC[C@@H](C)Nc1cccnc1C. The maximum atomic E-state index is 4.20. The topological polar surface area (TPSA) is 24.9 Å². The summed E-state index contributed by atoms with van der Waals surface area (Å²) in [6.45, 7) is 6.36. The summed E-state index contributed by atoms with van der Waals surface area (Å²) in [5.41, 5.74) is 2.21. The highest BCUT2D eigenvalue weighted by Crippen LogP contribution is 2.12. The van der Waals surface area contributed by atoms with Crippen molar-refractivity contribution in [1.29, 1.82) is 0 Å². The molecule has 0 aromatic carbocycles. The average molecular weight is 164 g/mol. The molecule has 12 heavy (non-hydrogen) atoms. The van der Waals surface area contributed by atoms with Crippen LogP contribution in [0.4, 0.5) is 5.69 Å². The van der Waals surface area contributed by atoms with Gasteiger partial charge in [-0.1, -0.05) is 6.92 Å². The minimum Gasteiger partial charge on any atom is -0.381 e. The van der Waals surface area contributed by atoms with Crippen LogP contribution in [0.3, 0.4) is 0 Å². The molecule has 66 valence electrons. The Balaban J connectivity index is 2.69. The third-order valence-corrected chi connectivity index (χ3v) is 2.02. The number of rotatable bonds is 3. The van der Waals surface area contributed by atoms with E-state index in [2.05, 4.69) is 30.2 Å². The molecule has 0 saturated heterocycles. The number of pyridine rings is 1. The van der Waals surface area contributed by atoms with Gasteiger partial charge in [0.15, 0.2) is 0 Å². The number of hydrogen-bond acceptors (Lipinski definition) is 2. The second kappa shape index (κ2) is 4.10. The van der Waals surface area contributed by atoms with Gasteiger partial charge in [0.05, 0.1) is 11.4 Å². The maximum absolute atomic E-state index is 4.20. The molecule has 0 fully saturated rings. The zero-order valence-electron chi connectivity index (χ0n) is 7.96. The van der Waals surface area contributed by atoms with Crippen LogP contribution >= 0.6 is 0 Å². The summed E-state index contributed by atoms with van der Waals surface area (Å²) in [6.07, 6.45) is 2.95. The van der Waals surface area contributed by atoms with Crippen LogP contribution in [0.5, 0.6) is 0 Å². The minimum absolute atomic E-state index is 0.521. The smallest absolute Gasteiger partial charge is 0.0603 e. The summed E-state index contributed by atoms with van der Waals surface area (Å²) in [6, 6.07) is 4.54. The molecule has 2 heteroatoms. The molecule has 0 amide bonds. The summed E-state index contributed by atoms with van der Waals surface area (Å²) >= 11 is 0. The Kier molecular flexibility index (Phi) is 3.09. The molecule has 0 aliphatic heterocycles. The molecule has 0 aliphatic carbocycles. The van der Waals surface area contributed by atoms with Crippen molar-refractivity contribution in [2.45, 2.75) is 33.2 Å². The van der Waals surface area contributed by atoms with Crippen molar-refractivity contribution < 1.29 is 0 Å². The Morgan fingerprint density at radius 3 is 2.92 bits per heavy atom. The molecule has 2 nitrogen and oxygen atoms in total. The summed E-state index contributed by atoms with van der Waals surface area (Å²) in [5.74, 6) is 0. The first kappa shape index (κ1) is 9.04. The zero-order valence-corrected chi connectivity index (χ0v) is 7.96. The van der Waals surface area contributed by atoms with Gasteiger partial charge in [0.1, 0.15) is 0 Å². The number of anilines is 1. The molecule has 0 saturated carbocycles. The first-order valence-electron chi connectivity index (χ1n) is 4.42. The molecular formula is C10H16N2. The first-order valence-corrected chi connectivity index (χ1v) is 4.42. The molecule has 1 aromatic heterocycles. The number of aryl methyl sites for hydroxylation is 1. The third-order valence-electron chi connectivity index (χ3n) is 2.02. The average Bonchev–Trinajstić information content (AvgIpc) is 2.09. The largest absolute Gasteiger partial charge is 0.381 e. The minimum atomic E-state index is 0.521. The lowest BCUT2D eigenvalue weighted by molar-refractivity contribution is 0.762. The van der Waals surface area contributed by atoms with Crippen molar-refractivity contribution in [3.05, 3.63) is 24.0 Å². The van der Waals surface area contributed by atoms with Crippen LogP contribution in [0.2, 0.25) is 0 Å². The molecule has 1 heterocycles. The summed E-state index contributed by atoms with van der Waals surface area (Å²) in [4.78, 5) is 4.20. The third kappa shape index (κ3) is 2.22. The fourth-order valence-electron chi connectivity index (χ4n) is 1.00. The lowest BCUT2D eigenvalue weighted by Gasteiger charge is -2.13. The van der Waals surface area contributed by atoms with E-state index in [1.54, 1.807) is 0 Å². The van der Waals surface area contributed by atoms with Crippen LogP contribution in [0, 0.1) is 6.92 Å². The molecule has 0 spiro atoms. The Hall–Kier alpha value is -1.05. The van der Waals surface area contributed by atoms with Crippen molar-refractivity contribution in [1.82, 2.24) is 4.98 Å². The van der Waals surface area contributed by atoms with Crippen molar-refractivity contribution in [3.8, 4) is 0 Å². The van der Waals surface area contributed by atoms with E-state index in [9.17, 15) is 0 Å². The molecule has 0 bridgehead atoms. The van der Waals surface area contributed by atoms with Crippen molar-refractivity contribution in [2.75, 3.05) is 5.32 Å². The highest BCUT2D eigenvalue weighted by atomic mass is 14.9. The highest BCUT2D eigenvalue weighted by Gasteiger charge is 2.00. The Morgan fingerprint density at radius 1 is 1.58 bits per heavy atom. The van der Waals surface area contributed by atoms with Crippen molar-refractivity contribution in [2.24, 2.45) is 0 Å². The second-order valence-corrected chi connectivity index (χ2v) is 3.09. The van der Waals surface area contributed by atoms with E-state index in [1.807, 2.05) is 19.2 Å². The van der Waals surface area contributed by atoms with Crippen molar-refractivity contribution in [3.63, 3.8) is 0 Å².